The summed E-state index contributed by atoms with van der Waals surface area (Å²) < 4.78 is 28.6. The molecule has 0 unspecified atom stereocenters. The van der Waals surface area contributed by atoms with E-state index in [0.717, 1.165) is 11.1 Å². The van der Waals surface area contributed by atoms with Crippen LogP contribution in [0, 0.1) is 6.92 Å². The van der Waals surface area contributed by atoms with E-state index in [2.05, 4.69) is 15.8 Å². The highest BCUT2D eigenvalue weighted by Gasteiger charge is 2.25. The molecule has 0 aliphatic heterocycles. The highest BCUT2D eigenvalue weighted by Crippen LogP contribution is 2.25. The van der Waals surface area contributed by atoms with Gasteiger partial charge in [-0.25, -0.2) is 8.42 Å². The topological polar surface area (TPSA) is 102 Å². The SMILES string of the molecule is Cc1cccc(CCc2cccc(C(N)=O)c2S(=O)(=O)Nc2cccnc2)c1. The highest BCUT2D eigenvalue weighted by atomic mass is 32.2. The zero-order chi connectivity index (χ0) is 20.1. The normalized spacial score (nSPS) is 11.2. The molecule has 0 aliphatic rings. The molecule has 1 heterocycles. The van der Waals surface area contributed by atoms with Gasteiger partial charge in [0, 0.05) is 6.20 Å². The van der Waals surface area contributed by atoms with Gasteiger partial charge >= 0.3 is 0 Å². The lowest BCUT2D eigenvalue weighted by Crippen LogP contribution is -2.22. The van der Waals surface area contributed by atoms with E-state index in [1.54, 1.807) is 30.5 Å². The van der Waals surface area contributed by atoms with Gasteiger partial charge in [0.2, 0.25) is 5.91 Å². The minimum atomic E-state index is -4.02. The summed E-state index contributed by atoms with van der Waals surface area (Å²) in [6, 6.07) is 16.0. The molecule has 3 rings (SSSR count). The Kier molecular flexibility index (Phi) is 5.75. The summed E-state index contributed by atoms with van der Waals surface area (Å²) in [5, 5.41) is 0. The van der Waals surface area contributed by atoms with Crippen molar-refractivity contribution in [3.05, 3.63) is 89.2 Å². The molecule has 6 nitrogen and oxygen atoms in total. The predicted molar refractivity (Wildman–Crippen MR) is 109 cm³/mol. The predicted octanol–water partition coefficient (Wildman–Crippen LogP) is 3.07. The molecule has 3 aromatic rings. The number of carbonyl (C=O) groups excluding carboxylic acids is 1. The lowest BCUT2D eigenvalue weighted by molar-refractivity contribution is 0.0997. The van der Waals surface area contributed by atoms with Gasteiger partial charge in [0.25, 0.3) is 10.0 Å². The van der Waals surface area contributed by atoms with Crippen molar-refractivity contribution in [2.75, 3.05) is 4.72 Å². The standard InChI is InChI=1S/C21H21N3O3S/c1-15-5-2-6-16(13-15)10-11-17-7-3-9-19(21(22)25)20(17)28(26,27)24-18-8-4-12-23-14-18/h2-9,12-14,24H,10-11H2,1H3,(H2,22,25). The fourth-order valence-electron chi connectivity index (χ4n) is 3.07. The smallest absolute Gasteiger partial charge is 0.263 e. The van der Waals surface area contributed by atoms with Gasteiger partial charge < -0.3 is 5.73 Å². The first kappa shape index (κ1) is 19.6. The lowest BCUT2D eigenvalue weighted by Gasteiger charge is -2.15. The molecule has 1 amide bonds. The number of benzene rings is 2. The van der Waals surface area contributed by atoms with E-state index in [1.165, 1.54) is 12.3 Å². The van der Waals surface area contributed by atoms with Crippen LogP contribution in [0.1, 0.15) is 27.0 Å². The van der Waals surface area contributed by atoms with Gasteiger partial charge in [0.15, 0.2) is 0 Å². The lowest BCUT2D eigenvalue weighted by atomic mass is 10.0. The number of rotatable bonds is 7. The molecule has 0 bridgehead atoms. The fourth-order valence-corrected chi connectivity index (χ4v) is 4.58. The zero-order valence-electron chi connectivity index (χ0n) is 15.4. The molecule has 1 aromatic heterocycles. The van der Waals surface area contributed by atoms with Crippen LogP contribution in [-0.4, -0.2) is 19.3 Å². The molecular formula is C21H21N3O3S. The number of aromatic nitrogens is 1. The number of nitrogens with one attached hydrogen (secondary N) is 1. The van der Waals surface area contributed by atoms with Crippen molar-refractivity contribution in [3.63, 3.8) is 0 Å². The van der Waals surface area contributed by atoms with Gasteiger partial charge in [0.1, 0.15) is 4.90 Å². The second kappa shape index (κ2) is 8.22. The largest absolute Gasteiger partial charge is 0.366 e. The summed E-state index contributed by atoms with van der Waals surface area (Å²) in [5.74, 6) is -0.788. The Morgan fingerprint density at radius 2 is 1.86 bits per heavy atom. The molecular weight excluding hydrogens is 374 g/mol. The Labute approximate surface area is 164 Å². The third-order valence-electron chi connectivity index (χ3n) is 4.31. The van der Waals surface area contributed by atoms with Crippen LogP contribution in [0.5, 0.6) is 0 Å². The van der Waals surface area contributed by atoms with Crippen molar-refractivity contribution in [2.24, 2.45) is 5.73 Å². The summed E-state index contributed by atoms with van der Waals surface area (Å²) in [5.41, 5.74) is 8.50. The number of hydrogen-bond donors (Lipinski definition) is 2. The Hall–Kier alpha value is -3.19. The van der Waals surface area contributed by atoms with E-state index in [4.69, 9.17) is 5.73 Å². The quantitative estimate of drug-likeness (QED) is 0.642. The van der Waals surface area contributed by atoms with Gasteiger partial charge in [-0.05, 0) is 49.1 Å². The first-order chi connectivity index (χ1) is 13.4. The third-order valence-corrected chi connectivity index (χ3v) is 5.83. The maximum atomic E-state index is 13.1. The number of nitrogens with two attached hydrogens (primary N) is 1. The van der Waals surface area contributed by atoms with Gasteiger partial charge in [-0.2, -0.15) is 0 Å². The molecule has 144 valence electrons. The molecule has 0 fully saturated rings. The minimum absolute atomic E-state index is 0.0295. The number of aryl methyl sites for hydroxylation is 3. The summed E-state index contributed by atoms with van der Waals surface area (Å²) in [6.45, 7) is 2.00. The average Bonchev–Trinajstić information content (AvgIpc) is 2.66. The van der Waals surface area contributed by atoms with Crippen molar-refractivity contribution < 1.29 is 13.2 Å². The highest BCUT2D eigenvalue weighted by molar-refractivity contribution is 7.92. The summed E-state index contributed by atoms with van der Waals surface area (Å²) >= 11 is 0. The van der Waals surface area contributed by atoms with Gasteiger partial charge in [-0.3, -0.25) is 14.5 Å². The van der Waals surface area contributed by atoms with E-state index in [1.807, 2.05) is 25.1 Å². The molecule has 28 heavy (non-hydrogen) atoms. The van der Waals surface area contributed by atoms with Crippen LogP contribution in [-0.2, 0) is 22.9 Å². The van der Waals surface area contributed by atoms with Crippen molar-refractivity contribution in [1.82, 2.24) is 4.98 Å². The van der Waals surface area contributed by atoms with Crippen LogP contribution in [0.15, 0.2) is 71.9 Å². The van der Waals surface area contributed by atoms with Crippen molar-refractivity contribution in [2.45, 2.75) is 24.7 Å². The van der Waals surface area contributed by atoms with Crippen LogP contribution >= 0.6 is 0 Å². The molecule has 0 atom stereocenters. The van der Waals surface area contributed by atoms with Crippen LogP contribution < -0.4 is 10.5 Å². The molecule has 2 aromatic carbocycles. The van der Waals surface area contributed by atoms with E-state index < -0.39 is 15.9 Å². The maximum Gasteiger partial charge on any atom is 0.263 e. The van der Waals surface area contributed by atoms with Crippen molar-refractivity contribution >= 4 is 21.6 Å². The zero-order valence-corrected chi connectivity index (χ0v) is 16.2. The summed E-state index contributed by atoms with van der Waals surface area (Å²) in [7, 11) is -4.02. The van der Waals surface area contributed by atoms with Crippen molar-refractivity contribution in [1.29, 1.82) is 0 Å². The number of carbonyl (C=O) groups is 1. The van der Waals surface area contributed by atoms with Crippen LogP contribution in [0.2, 0.25) is 0 Å². The van der Waals surface area contributed by atoms with E-state index in [-0.39, 0.29) is 10.5 Å². The Morgan fingerprint density at radius 3 is 2.54 bits per heavy atom. The molecule has 0 radical (unpaired) electrons. The van der Waals surface area contributed by atoms with Gasteiger partial charge in [0.05, 0.1) is 17.4 Å². The second-order valence-corrected chi connectivity index (χ2v) is 8.11. The summed E-state index contributed by atoms with van der Waals surface area (Å²) in [4.78, 5) is 15.7. The number of nitrogens with zero attached hydrogens (tertiary/aromatic N) is 1. The number of amides is 1. The number of primary amides is 1. The summed E-state index contributed by atoms with van der Waals surface area (Å²) in [6.07, 6.45) is 4.03. The molecule has 3 N–H and O–H groups in total. The maximum absolute atomic E-state index is 13.1. The van der Waals surface area contributed by atoms with Crippen LogP contribution in [0.3, 0.4) is 0 Å². The van der Waals surface area contributed by atoms with Crippen LogP contribution in [0.25, 0.3) is 0 Å². The fraction of sp³-hybridized carbons (Fsp3) is 0.143. The van der Waals surface area contributed by atoms with E-state index in [9.17, 15) is 13.2 Å². The molecule has 7 heteroatoms. The third kappa shape index (κ3) is 4.55. The molecule has 0 spiro atoms. The number of pyridine rings is 1. The number of hydrogen-bond acceptors (Lipinski definition) is 4. The molecule has 0 saturated carbocycles. The Balaban J connectivity index is 1.99. The number of anilines is 1. The van der Waals surface area contributed by atoms with Crippen LogP contribution in [0.4, 0.5) is 5.69 Å². The monoisotopic (exact) mass is 395 g/mol. The van der Waals surface area contributed by atoms with Gasteiger partial charge in [-0.15, -0.1) is 0 Å². The number of sulfonamides is 1. The van der Waals surface area contributed by atoms with E-state index >= 15 is 0 Å². The Morgan fingerprint density at radius 1 is 1.07 bits per heavy atom. The minimum Gasteiger partial charge on any atom is -0.366 e. The molecule has 0 aliphatic carbocycles. The second-order valence-electron chi connectivity index (χ2n) is 6.49. The average molecular weight is 395 g/mol. The first-order valence-corrected chi connectivity index (χ1v) is 10.3. The Bertz CT molecular complexity index is 1100. The van der Waals surface area contributed by atoms with Gasteiger partial charge in [-0.1, -0.05) is 42.0 Å². The molecule has 0 saturated heterocycles. The first-order valence-electron chi connectivity index (χ1n) is 8.77. The van der Waals surface area contributed by atoms with Crippen molar-refractivity contribution in [3.8, 4) is 0 Å². The van der Waals surface area contributed by atoms with E-state index in [0.29, 0.717) is 24.1 Å².